The van der Waals surface area contributed by atoms with Crippen LogP contribution in [0.3, 0.4) is 0 Å². The normalized spacial score (nSPS) is 17.4. The fraction of sp³-hybridized carbons (Fsp3) is 0.375. The molecule has 1 amide bonds. The van der Waals surface area contributed by atoms with Crippen LogP contribution in [0.1, 0.15) is 44.1 Å². The van der Waals surface area contributed by atoms with Gasteiger partial charge in [-0.2, -0.15) is 0 Å². The summed E-state index contributed by atoms with van der Waals surface area (Å²) in [5.41, 5.74) is 0.965. The van der Waals surface area contributed by atoms with Gasteiger partial charge in [0.2, 0.25) is 5.91 Å². The Balaban J connectivity index is 1.54. The molecule has 6 nitrogen and oxygen atoms in total. The van der Waals surface area contributed by atoms with E-state index in [9.17, 15) is 14.4 Å². The first kappa shape index (κ1) is 20.1. The van der Waals surface area contributed by atoms with Gasteiger partial charge in [0.25, 0.3) is 5.56 Å². The number of hydrogen-bond acceptors (Lipinski definition) is 3. The van der Waals surface area contributed by atoms with E-state index in [0.29, 0.717) is 16.8 Å². The Kier molecular flexibility index (Phi) is 5.84. The van der Waals surface area contributed by atoms with Gasteiger partial charge >= 0.3 is 5.69 Å². The van der Waals surface area contributed by atoms with Gasteiger partial charge in [-0.15, -0.1) is 0 Å². The van der Waals surface area contributed by atoms with E-state index >= 15 is 0 Å². The topological polar surface area (TPSA) is 75.2 Å². The summed E-state index contributed by atoms with van der Waals surface area (Å²) in [6.07, 6.45) is 3.21. The maximum atomic E-state index is 13.1. The number of carbonyl (C=O) groups excluding carboxylic acids is 1. The van der Waals surface area contributed by atoms with Gasteiger partial charge in [0, 0.05) is 31.5 Å². The average Bonchev–Trinajstić information content (AvgIpc) is 3.24. The number of carbonyl (C=O) groups is 1. The third kappa shape index (κ3) is 3.82. The van der Waals surface area contributed by atoms with E-state index in [1.165, 1.54) is 10.1 Å². The maximum absolute atomic E-state index is 13.1. The van der Waals surface area contributed by atoms with E-state index in [-0.39, 0.29) is 24.9 Å². The zero-order valence-corrected chi connectivity index (χ0v) is 17.2. The number of amides is 1. The van der Waals surface area contributed by atoms with Crippen LogP contribution in [0.4, 0.5) is 0 Å². The molecule has 1 aromatic heterocycles. The van der Waals surface area contributed by atoms with Crippen molar-refractivity contribution < 1.29 is 4.79 Å². The lowest BCUT2D eigenvalue weighted by molar-refractivity contribution is -0.132. The molecule has 2 unspecified atom stereocenters. The molecule has 6 heteroatoms. The molecule has 1 saturated heterocycles. The Hall–Kier alpha value is -3.15. The molecule has 2 heterocycles. The lowest BCUT2D eigenvalue weighted by Crippen LogP contribution is -2.40. The summed E-state index contributed by atoms with van der Waals surface area (Å²) in [7, 11) is 0. The van der Waals surface area contributed by atoms with Gasteiger partial charge in [0.15, 0.2) is 0 Å². The van der Waals surface area contributed by atoms with E-state index in [0.717, 1.165) is 25.8 Å². The van der Waals surface area contributed by atoms with Crippen LogP contribution in [0.15, 0.2) is 64.2 Å². The molecule has 0 bridgehead atoms. The number of fused-ring (bicyclic) bond motifs is 1. The monoisotopic (exact) mass is 405 g/mol. The smallest absolute Gasteiger partial charge is 0.328 e. The van der Waals surface area contributed by atoms with Crippen molar-refractivity contribution in [1.82, 2.24) is 14.5 Å². The van der Waals surface area contributed by atoms with E-state index in [4.69, 9.17) is 0 Å². The highest BCUT2D eigenvalue weighted by atomic mass is 16.2. The highest BCUT2D eigenvalue weighted by molar-refractivity contribution is 5.79. The number of aromatic nitrogens is 2. The van der Waals surface area contributed by atoms with E-state index in [2.05, 4.69) is 24.0 Å². The predicted octanol–water partition coefficient (Wildman–Crippen LogP) is 3.26. The molecule has 3 aromatic rings. The quantitative estimate of drug-likeness (QED) is 0.684. The highest BCUT2D eigenvalue weighted by Crippen LogP contribution is 2.34. The number of hydrogen-bond donors (Lipinski definition) is 1. The van der Waals surface area contributed by atoms with E-state index in [1.807, 2.05) is 23.1 Å². The molecule has 0 saturated carbocycles. The van der Waals surface area contributed by atoms with Crippen LogP contribution in [0.5, 0.6) is 0 Å². The highest BCUT2D eigenvalue weighted by Gasteiger charge is 2.34. The summed E-state index contributed by atoms with van der Waals surface area (Å²) < 4.78 is 1.49. The third-order valence-corrected chi connectivity index (χ3v) is 6.21. The molecule has 2 atom stereocenters. The van der Waals surface area contributed by atoms with Gasteiger partial charge in [-0.1, -0.05) is 49.4 Å². The van der Waals surface area contributed by atoms with Crippen molar-refractivity contribution >= 4 is 16.8 Å². The van der Waals surface area contributed by atoms with Crippen LogP contribution in [0.25, 0.3) is 10.9 Å². The largest absolute Gasteiger partial charge is 0.339 e. The molecule has 0 aliphatic carbocycles. The van der Waals surface area contributed by atoms with Crippen molar-refractivity contribution in [3.63, 3.8) is 0 Å². The maximum Gasteiger partial charge on any atom is 0.328 e. The van der Waals surface area contributed by atoms with Crippen molar-refractivity contribution in [2.75, 3.05) is 6.54 Å². The zero-order chi connectivity index (χ0) is 21.1. The summed E-state index contributed by atoms with van der Waals surface area (Å²) in [5.74, 6) is 0.378. The van der Waals surface area contributed by atoms with Gasteiger partial charge < -0.3 is 4.90 Å². The van der Waals surface area contributed by atoms with Crippen LogP contribution in [0.2, 0.25) is 0 Å². The second-order valence-electron chi connectivity index (χ2n) is 7.90. The number of aryl methyl sites for hydroxylation is 1. The van der Waals surface area contributed by atoms with Crippen LogP contribution >= 0.6 is 0 Å². The first-order chi connectivity index (χ1) is 14.6. The predicted molar refractivity (Wildman–Crippen MR) is 118 cm³/mol. The minimum absolute atomic E-state index is 0.0639. The van der Waals surface area contributed by atoms with E-state index in [1.54, 1.807) is 24.3 Å². The van der Waals surface area contributed by atoms with Crippen molar-refractivity contribution in [1.29, 1.82) is 0 Å². The Labute approximate surface area is 175 Å². The zero-order valence-electron chi connectivity index (χ0n) is 17.2. The summed E-state index contributed by atoms with van der Waals surface area (Å²) in [6.45, 7) is 3.18. The SMILES string of the molecule is CCC(c1ccccc1)C1CCCN1C(=O)CCn1c(=O)[nH]c(=O)c2ccccc21. The van der Waals surface area contributed by atoms with Gasteiger partial charge in [0.1, 0.15) is 0 Å². The van der Waals surface area contributed by atoms with Crippen molar-refractivity contribution in [3.05, 3.63) is 81.0 Å². The van der Waals surface area contributed by atoms with Crippen LogP contribution in [-0.4, -0.2) is 32.9 Å². The molecule has 1 aliphatic rings. The van der Waals surface area contributed by atoms with Crippen molar-refractivity contribution in [2.45, 2.75) is 51.1 Å². The molecule has 0 spiro atoms. The van der Waals surface area contributed by atoms with Crippen LogP contribution in [0, 0.1) is 0 Å². The van der Waals surface area contributed by atoms with E-state index < -0.39 is 11.2 Å². The Morgan fingerprint density at radius 1 is 1.10 bits per heavy atom. The van der Waals surface area contributed by atoms with Crippen LogP contribution < -0.4 is 11.2 Å². The Morgan fingerprint density at radius 2 is 1.83 bits per heavy atom. The standard InChI is InChI=1S/C24H27N3O3/c1-2-18(17-9-4-3-5-10-17)20-13-8-15-26(20)22(28)14-16-27-21-12-7-6-11-19(21)23(29)25-24(27)30/h3-7,9-12,18,20H,2,8,13-16H2,1H3,(H,25,29,30). The number of rotatable bonds is 6. The number of para-hydroxylation sites is 1. The first-order valence-electron chi connectivity index (χ1n) is 10.7. The fourth-order valence-electron chi connectivity index (χ4n) is 4.77. The van der Waals surface area contributed by atoms with Gasteiger partial charge in [-0.3, -0.25) is 19.1 Å². The number of H-pyrrole nitrogens is 1. The number of nitrogens with one attached hydrogen (secondary N) is 1. The number of likely N-dealkylation sites (tertiary alicyclic amines) is 1. The molecular formula is C24H27N3O3. The Bertz CT molecular complexity index is 1150. The van der Waals surface area contributed by atoms with Gasteiger partial charge in [-0.25, -0.2) is 4.79 Å². The summed E-state index contributed by atoms with van der Waals surface area (Å²) in [4.78, 5) is 41.9. The minimum atomic E-state index is -0.472. The third-order valence-electron chi connectivity index (χ3n) is 6.21. The lowest BCUT2D eigenvalue weighted by atomic mass is 9.87. The fourth-order valence-corrected chi connectivity index (χ4v) is 4.77. The molecule has 0 radical (unpaired) electrons. The van der Waals surface area contributed by atoms with Crippen molar-refractivity contribution in [3.8, 4) is 0 Å². The summed E-state index contributed by atoms with van der Waals surface area (Å²) >= 11 is 0. The number of benzene rings is 2. The second kappa shape index (κ2) is 8.69. The van der Waals surface area contributed by atoms with Crippen molar-refractivity contribution in [2.24, 2.45) is 0 Å². The molecular weight excluding hydrogens is 378 g/mol. The molecule has 2 aromatic carbocycles. The summed E-state index contributed by atoms with van der Waals surface area (Å²) in [5, 5.41) is 0.457. The van der Waals surface area contributed by atoms with Gasteiger partial charge in [-0.05, 0) is 37.0 Å². The molecule has 156 valence electrons. The van der Waals surface area contributed by atoms with Gasteiger partial charge in [0.05, 0.1) is 10.9 Å². The molecule has 1 aliphatic heterocycles. The summed E-state index contributed by atoms with van der Waals surface area (Å²) in [6, 6.07) is 17.6. The minimum Gasteiger partial charge on any atom is -0.339 e. The molecule has 1 fully saturated rings. The van der Waals surface area contributed by atoms with Crippen LogP contribution in [-0.2, 0) is 11.3 Å². The Morgan fingerprint density at radius 3 is 2.60 bits per heavy atom. The molecule has 1 N–H and O–H groups in total. The first-order valence-corrected chi connectivity index (χ1v) is 10.7. The lowest BCUT2D eigenvalue weighted by Gasteiger charge is -2.32. The average molecular weight is 405 g/mol. The second-order valence-corrected chi connectivity index (χ2v) is 7.90. The molecule has 4 rings (SSSR count). The number of nitrogens with zero attached hydrogens (tertiary/aromatic N) is 2. The molecule has 30 heavy (non-hydrogen) atoms. The number of aromatic amines is 1.